The first kappa shape index (κ1) is 14.1. The van der Waals surface area contributed by atoms with Gasteiger partial charge in [-0.2, -0.15) is 0 Å². The third-order valence-electron chi connectivity index (χ3n) is 1.94. The molecule has 1 aromatic rings. The molecule has 0 saturated carbocycles. The average Bonchev–Trinajstić information content (AvgIpc) is 2.34. The van der Waals surface area contributed by atoms with Gasteiger partial charge in [0.25, 0.3) is 5.69 Å². The number of halogens is 1. The van der Waals surface area contributed by atoms with Gasteiger partial charge in [-0.15, -0.1) is 0 Å². The molecule has 0 aliphatic carbocycles. The highest BCUT2D eigenvalue weighted by atomic mass is 79.9. The smallest absolute Gasteiger partial charge is 0.311 e. The third-order valence-corrected chi connectivity index (χ3v) is 2.32. The van der Waals surface area contributed by atoms with Crippen molar-refractivity contribution in [2.45, 2.75) is 0 Å². The van der Waals surface area contributed by atoms with Crippen LogP contribution in [-0.2, 0) is 0 Å². The van der Waals surface area contributed by atoms with Gasteiger partial charge in [-0.05, 0) is 0 Å². The maximum absolute atomic E-state index is 10.7. The minimum absolute atomic E-state index is 0.105. The molecule has 1 aromatic carbocycles. The predicted molar refractivity (Wildman–Crippen MR) is 68.2 cm³/mol. The second kappa shape index (κ2) is 6.70. The lowest BCUT2D eigenvalue weighted by atomic mass is 10.2. The lowest BCUT2D eigenvalue weighted by molar-refractivity contribution is -0.389. The van der Waals surface area contributed by atoms with Crippen LogP contribution in [0, 0.1) is 20.2 Å². The van der Waals surface area contributed by atoms with Crippen molar-refractivity contribution in [3.05, 3.63) is 50.6 Å². The van der Waals surface area contributed by atoms with Crippen LogP contribution >= 0.6 is 15.9 Å². The SMILES string of the molecule is O=[N+]([O-])c1ccc([N+](=O)[O-])c(OC/C=C/CBr)c1. The summed E-state index contributed by atoms with van der Waals surface area (Å²) in [7, 11) is 0. The van der Waals surface area contributed by atoms with Crippen molar-refractivity contribution in [2.75, 3.05) is 11.9 Å². The van der Waals surface area contributed by atoms with E-state index in [1.165, 1.54) is 0 Å². The summed E-state index contributed by atoms with van der Waals surface area (Å²) < 4.78 is 5.14. The zero-order valence-electron chi connectivity index (χ0n) is 9.11. The zero-order valence-corrected chi connectivity index (χ0v) is 10.7. The van der Waals surface area contributed by atoms with Crippen molar-refractivity contribution >= 4 is 27.3 Å². The van der Waals surface area contributed by atoms with E-state index in [1.54, 1.807) is 12.2 Å². The van der Waals surface area contributed by atoms with Gasteiger partial charge >= 0.3 is 5.69 Å². The maximum Gasteiger partial charge on any atom is 0.311 e. The molecule has 8 heteroatoms. The Hall–Kier alpha value is -1.96. The molecule has 18 heavy (non-hydrogen) atoms. The van der Waals surface area contributed by atoms with Crippen molar-refractivity contribution in [1.82, 2.24) is 0 Å². The fourth-order valence-electron chi connectivity index (χ4n) is 1.15. The van der Waals surface area contributed by atoms with Crippen LogP contribution in [0.3, 0.4) is 0 Å². The second-order valence-electron chi connectivity index (χ2n) is 3.10. The Balaban J connectivity index is 2.96. The molecule has 0 aliphatic rings. The number of nitro groups is 2. The Morgan fingerprint density at radius 3 is 2.50 bits per heavy atom. The van der Waals surface area contributed by atoms with E-state index in [1.807, 2.05) is 0 Å². The Morgan fingerprint density at radius 2 is 1.94 bits per heavy atom. The molecule has 7 nitrogen and oxygen atoms in total. The van der Waals surface area contributed by atoms with Gasteiger partial charge in [-0.3, -0.25) is 20.2 Å². The topological polar surface area (TPSA) is 95.5 Å². The van der Waals surface area contributed by atoms with Crippen molar-refractivity contribution < 1.29 is 14.6 Å². The first-order valence-corrected chi connectivity index (χ1v) is 5.95. The number of alkyl halides is 1. The maximum atomic E-state index is 10.7. The molecule has 0 saturated heterocycles. The molecule has 1 rings (SSSR count). The van der Waals surface area contributed by atoms with E-state index in [0.717, 1.165) is 18.2 Å². The molecule has 0 radical (unpaired) electrons. The fourth-order valence-corrected chi connectivity index (χ4v) is 1.42. The van der Waals surface area contributed by atoms with Gasteiger partial charge in [0, 0.05) is 17.5 Å². The largest absolute Gasteiger partial charge is 0.482 e. The summed E-state index contributed by atoms with van der Waals surface area (Å²) in [5, 5.41) is 21.9. The molecular weight excluding hydrogens is 308 g/mol. The summed E-state index contributed by atoms with van der Waals surface area (Å²) in [6.45, 7) is 0.105. The Morgan fingerprint density at radius 1 is 1.22 bits per heavy atom. The highest BCUT2D eigenvalue weighted by molar-refractivity contribution is 9.09. The van der Waals surface area contributed by atoms with Gasteiger partial charge in [0.05, 0.1) is 15.9 Å². The monoisotopic (exact) mass is 316 g/mol. The van der Waals surface area contributed by atoms with Crippen LogP contribution < -0.4 is 4.74 Å². The van der Waals surface area contributed by atoms with E-state index in [9.17, 15) is 20.2 Å². The second-order valence-corrected chi connectivity index (χ2v) is 3.75. The van der Waals surface area contributed by atoms with Crippen molar-refractivity contribution in [1.29, 1.82) is 0 Å². The van der Waals surface area contributed by atoms with Crippen LogP contribution in [0.4, 0.5) is 11.4 Å². The summed E-state index contributed by atoms with van der Waals surface area (Å²) >= 11 is 3.16. The van der Waals surface area contributed by atoms with Crippen molar-refractivity contribution in [3.8, 4) is 5.75 Å². The lowest BCUT2D eigenvalue weighted by Crippen LogP contribution is -1.99. The van der Waals surface area contributed by atoms with Gasteiger partial charge in [0.2, 0.25) is 5.75 Å². The number of allylic oxidation sites excluding steroid dienone is 1. The van der Waals surface area contributed by atoms with Crippen LogP contribution in [0.15, 0.2) is 30.4 Å². The van der Waals surface area contributed by atoms with Crippen LogP contribution in [0.2, 0.25) is 0 Å². The molecule has 0 heterocycles. The van der Waals surface area contributed by atoms with Crippen molar-refractivity contribution in [3.63, 3.8) is 0 Å². The zero-order chi connectivity index (χ0) is 13.5. The van der Waals surface area contributed by atoms with Crippen molar-refractivity contribution in [2.24, 2.45) is 0 Å². The van der Waals surface area contributed by atoms with E-state index in [-0.39, 0.29) is 23.7 Å². The molecule has 0 aliphatic heterocycles. The number of hydrogen-bond acceptors (Lipinski definition) is 5. The normalized spacial score (nSPS) is 10.5. The molecule has 0 bridgehead atoms. The quantitative estimate of drug-likeness (QED) is 0.348. The van der Waals surface area contributed by atoms with E-state index < -0.39 is 9.85 Å². The summed E-state index contributed by atoms with van der Waals surface area (Å²) in [6, 6.07) is 3.17. The highest BCUT2D eigenvalue weighted by Gasteiger charge is 2.19. The van der Waals surface area contributed by atoms with Crippen LogP contribution in [0.1, 0.15) is 0 Å². The Kier molecular flexibility index (Phi) is 5.25. The van der Waals surface area contributed by atoms with E-state index >= 15 is 0 Å². The molecule has 0 unspecified atom stereocenters. The van der Waals surface area contributed by atoms with Crippen LogP contribution in [-0.4, -0.2) is 21.8 Å². The molecule has 0 aromatic heterocycles. The summed E-state index contributed by atoms with van der Waals surface area (Å²) in [6.07, 6.45) is 3.40. The molecule has 0 amide bonds. The number of nitro benzene ring substituents is 2. The molecular formula is C10H9BrN2O5. The lowest BCUT2D eigenvalue weighted by Gasteiger charge is -2.03. The minimum Gasteiger partial charge on any atom is -0.482 e. The Labute approximate surface area is 110 Å². The summed E-state index contributed by atoms with van der Waals surface area (Å²) in [4.78, 5) is 20.0. The number of benzene rings is 1. The van der Waals surface area contributed by atoms with Crippen LogP contribution in [0.5, 0.6) is 5.75 Å². The van der Waals surface area contributed by atoms with Gasteiger partial charge in [0.1, 0.15) is 6.61 Å². The van der Waals surface area contributed by atoms with Crippen LogP contribution in [0.25, 0.3) is 0 Å². The average molecular weight is 317 g/mol. The molecule has 0 fully saturated rings. The first-order valence-electron chi connectivity index (χ1n) is 4.83. The van der Waals surface area contributed by atoms with Gasteiger partial charge in [-0.25, -0.2) is 0 Å². The highest BCUT2D eigenvalue weighted by Crippen LogP contribution is 2.30. The summed E-state index contributed by atoms with van der Waals surface area (Å²) in [5.41, 5.74) is -0.548. The first-order chi connectivity index (χ1) is 8.56. The molecule has 96 valence electrons. The minimum atomic E-state index is -0.646. The number of non-ortho nitro benzene ring substituents is 1. The number of hydrogen-bond donors (Lipinski definition) is 0. The summed E-state index contributed by atoms with van der Waals surface area (Å²) in [5.74, 6) is -0.117. The van der Waals surface area contributed by atoms with Gasteiger partial charge in [-0.1, -0.05) is 28.1 Å². The van der Waals surface area contributed by atoms with E-state index in [4.69, 9.17) is 4.74 Å². The van der Waals surface area contributed by atoms with Gasteiger partial charge in [0.15, 0.2) is 0 Å². The number of ether oxygens (including phenoxy) is 1. The number of nitrogens with zero attached hydrogens (tertiary/aromatic N) is 2. The fraction of sp³-hybridized carbons (Fsp3) is 0.200. The standard InChI is InChI=1S/C10H9BrN2O5/c11-5-1-2-6-18-10-7-8(12(14)15)3-4-9(10)13(16)17/h1-4,7H,5-6H2/b2-1+. The third kappa shape index (κ3) is 3.81. The molecule has 0 N–H and O–H groups in total. The Bertz CT molecular complexity index is 489. The predicted octanol–water partition coefficient (Wildman–Crippen LogP) is 2.83. The number of rotatable bonds is 6. The van der Waals surface area contributed by atoms with Gasteiger partial charge < -0.3 is 4.74 Å². The van der Waals surface area contributed by atoms with E-state index in [0.29, 0.717) is 5.33 Å². The van der Waals surface area contributed by atoms with E-state index in [2.05, 4.69) is 15.9 Å². The molecule has 0 spiro atoms. The molecule has 0 atom stereocenters.